The van der Waals surface area contributed by atoms with E-state index in [1.807, 2.05) is 12.1 Å². The fraction of sp³-hybridized carbons (Fsp3) is 0. The molecule has 0 spiro atoms. The van der Waals surface area contributed by atoms with E-state index in [1.54, 1.807) is 6.20 Å². The van der Waals surface area contributed by atoms with Gasteiger partial charge in [-0.15, -0.1) is 0 Å². The quantitative estimate of drug-likeness (QED) is 0.635. The zero-order valence-corrected chi connectivity index (χ0v) is 8.01. The molecule has 2 aromatic heterocycles. The second-order valence-electron chi connectivity index (χ2n) is 3.33. The monoisotopic (exact) mass is 214 g/mol. The first-order valence-corrected chi connectivity index (χ1v) is 4.58. The molecule has 0 aliphatic heterocycles. The molecular weight excluding hydrogens is 208 g/mol. The molecule has 0 unspecified atom stereocenters. The molecule has 6 heteroatoms. The summed E-state index contributed by atoms with van der Waals surface area (Å²) >= 11 is 0. The van der Waals surface area contributed by atoms with Crippen LogP contribution in [-0.2, 0) is 0 Å². The van der Waals surface area contributed by atoms with Crippen molar-refractivity contribution in [3.05, 3.63) is 30.4 Å². The Hall–Kier alpha value is -2.50. The van der Waals surface area contributed by atoms with Crippen LogP contribution < -0.4 is 0 Å². The molecule has 0 saturated carbocycles. The maximum Gasteiger partial charge on any atom is 0.373 e. The summed E-state index contributed by atoms with van der Waals surface area (Å²) in [6, 6.07) is 3.68. The molecule has 6 nitrogen and oxygen atoms in total. The van der Waals surface area contributed by atoms with Crippen LogP contribution in [0.25, 0.3) is 21.8 Å². The number of benzene rings is 1. The minimum atomic E-state index is -1.14. The molecule has 2 N–H and O–H groups in total. The van der Waals surface area contributed by atoms with E-state index >= 15 is 0 Å². The lowest BCUT2D eigenvalue weighted by atomic mass is 10.2. The molecule has 0 bridgehead atoms. The van der Waals surface area contributed by atoms with Crippen molar-refractivity contribution in [2.75, 3.05) is 0 Å². The van der Waals surface area contributed by atoms with E-state index in [2.05, 4.69) is 20.2 Å². The Balaban J connectivity index is 2.46. The fourth-order valence-corrected chi connectivity index (χ4v) is 1.62. The number of nitrogens with zero attached hydrogens (tertiary/aromatic N) is 3. The Labute approximate surface area is 89.0 Å². The maximum atomic E-state index is 10.8. The number of aromatic nitrogens is 4. The molecule has 0 aliphatic carbocycles. The van der Waals surface area contributed by atoms with E-state index in [1.165, 1.54) is 6.20 Å². The molecule has 0 fully saturated rings. The Morgan fingerprint density at radius 1 is 1.31 bits per heavy atom. The second kappa shape index (κ2) is 2.99. The Morgan fingerprint density at radius 3 is 3.00 bits per heavy atom. The van der Waals surface area contributed by atoms with Crippen molar-refractivity contribution >= 4 is 27.8 Å². The van der Waals surface area contributed by atoms with Gasteiger partial charge in [-0.25, -0.2) is 14.8 Å². The minimum Gasteiger partial charge on any atom is -0.475 e. The number of carboxylic acids is 1. The summed E-state index contributed by atoms with van der Waals surface area (Å²) in [5, 5.41) is 17.1. The Kier molecular flexibility index (Phi) is 1.64. The van der Waals surface area contributed by atoms with Crippen LogP contribution in [0.1, 0.15) is 10.6 Å². The first kappa shape index (κ1) is 8.78. The van der Waals surface area contributed by atoms with Gasteiger partial charge in [0.05, 0.1) is 17.2 Å². The molecule has 0 radical (unpaired) electrons. The molecule has 78 valence electrons. The molecule has 3 aromatic rings. The van der Waals surface area contributed by atoms with Crippen LogP contribution in [0, 0.1) is 0 Å². The zero-order valence-electron chi connectivity index (χ0n) is 8.01. The number of nitrogens with one attached hydrogen (secondary N) is 1. The average Bonchev–Trinajstić information content (AvgIpc) is 2.76. The van der Waals surface area contributed by atoms with Gasteiger partial charge in [0.25, 0.3) is 0 Å². The summed E-state index contributed by atoms with van der Waals surface area (Å²) < 4.78 is 0. The van der Waals surface area contributed by atoms with Crippen molar-refractivity contribution in [3.8, 4) is 0 Å². The van der Waals surface area contributed by atoms with E-state index < -0.39 is 5.97 Å². The van der Waals surface area contributed by atoms with Crippen LogP contribution in [0.15, 0.2) is 24.5 Å². The number of carboxylic acid groups (broad SMARTS) is 1. The predicted molar refractivity (Wildman–Crippen MR) is 56.1 cm³/mol. The number of aromatic carboxylic acids is 1. The van der Waals surface area contributed by atoms with Crippen LogP contribution in [0.5, 0.6) is 0 Å². The minimum absolute atomic E-state index is 0.207. The van der Waals surface area contributed by atoms with Gasteiger partial charge < -0.3 is 5.11 Å². The van der Waals surface area contributed by atoms with Crippen LogP contribution in [0.2, 0.25) is 0 Å². The average molecular weight is 214 g/mol. The molecule has 3 rings (SSSR count). The summed E-state index contributed by atoms with van der Waals surface area (Å²) in [6.07, 6.45) is 3.12. The largest absolute Gasteiger partial charge is 0.475 e. The van der Waals surface area contributed by atoms with E-state index in [0.717, 1.165) is 16.3 Å². The number of H-pyrrole nitrogens is 1. The van der Waals surface area contributed by atoms with E-state index in [4.69, 9.17) is 5.11 Å². The van der Waals surface area contributed by atoms with Crippen molar-refractivity contribution in [1.29, 1.82) is 0 Å². The van der Waals surface area contributed by atoms with Gasteiger partial charge in [-0.1, -0.05) is 0 Å². The van der Waals surface area contributed by atoms with E-state index in [0.29, 0.717) is 5.52 Å². The highest BCUT2D eigenvalue weighted by Crippen LogP contribution is 2.21. The van der Waals surface area contributed by atoms with Crippen LogP contribution in [0.4, 0.5) is 0 Å². The number of hydrogen-bond acceptors (Lipinski definition) is 4. The van der Waals surface area contributed by atoms with Crippen molar-refractivity contribution < 1.29 is 9.90 Å². The van der Waals surface area contributed by atoms with Crippen LogP contribution >= 0.6 is 0 Å². The number of hydrogen-bond donors (Lipinski definition) is 2. The first-order valence-electron chi connectivity index (χ1n) is 4.58. The molecule has 0 amide bonds. The second-order valence-corrected chi connectivity index (χ2v) is 3.33. The van der Waals surface area contributed by atoms with Gasteiger partial charge in [-0.2, -0.15) is 5.10 Å². The highest BCUT2D eigenvalue weighted by molar-refractivity contribution is 6.04. The summed E-state index contributed by atoms with van der Waals surface area (Å²) in [5.74, 6) is -1.34. The molecule has 16 heavy (non-hydrogen) atoms. The zero-order chi connectivity index (χ0) is 11.1. The van der Waals surface area contributed by atoms with Crippen molar-refractivity contribution in [2.24, 2.45) is 0 Å². The van der Waals surface area contributed by atoms with Gasteiger partial charge in [-0.3, -0.25) is 5.10 Å². The number of fused-ring (bicyclic) bond motifs is 3. The van der Waals surface area contributed by atoms with Crippen molar-refractivity contribution in [3.63, 3.8) is 0 Å². The Bertz CT molecular complexity index is 704. The van der Waals surface area contributed by atoms with Gasteiger partial charge in [0.15, 0.2) is 0 Å². The van der Waals surface area contributed by atoms with Gasteiger partial charge in [0.1, 0.15) is 0 Å². The third-order valence-electron chi connectivity index (χ3n) is 2.36. The third-order valence-corrected chi connectivity index (χ3v) is 2.36. The molecule has 0 saturated heterocycles. The molecule has 1 aromatic carbocycles. The summed E-state index contributed by atoms with van der Waals surface area (Å²) in [4.78, 5) is 18.5. The van der Waals surface area contributed by atoms with Gasteiger partial charge >= 0.3 is 5.97 Å². The smallest absolute Gasteiger partial charge is 0.373 e. The molecule has 0 aliphatic rings. The maximum absolute atomic E-state index is 10.8. The number of aromatic amines is 1. The Morgan fingerprint density at radius 2 is 2.19 bits per heavy atom. The van der Waals surface area contributed by atoms with Gasteiger partial charge in [0.2, 0.25) is 5.82 Å². The molecular formula is C10H6N4O2. The van der Waals surface area contributed by atoms with Crippen LogP contribution in [0.3, 0.4) is 0 Å². The lowest BCUT2D eigenvalue weighted by molar-refractivity contribution is 0.0684. The molecule has 2 heterocycles. The lowest BCUT2D eigenvalue weighted by Gasteiger charge is -1.99. The number of rotatable bonds is 1. The highest BCUT2D eigenvalue weighted by atomic mass is 16.4. The van der Waals surface area contributed by atoms with Gasteiger partial charge in [0, 0.05) is 17.0 Å². The third kappa shape index (κ3) is 1.13. The number of carbonyl (C=O) groups is 1. The van der Waals surface area contributed by atoms with Crippen molar-refractivity contribution in [2.45, 2.75) is 0 Å². The summed E-state index contributed by atoms with van der Waals surface area (Å²) in [7, 11) is 0. The standard InChI is InChI=1S/C10H6N4O2/c15-10(16)9-11-3-5-1-2-7-6(4-12-14-7)8(5)13-9/h1-4H,(H,12,14)(H,15,16). The lowest BCUT2D eigenvalue weighted by Crippen LogP contribution is -2.03. The fourth-order valence-electron chi connectivity index (χ4n) is 1.62. The normalized spacial score (nSPS) is 11.0. The highest BCUT2D eigenvalue weighted by Gasteiger charge is 2.09. The summed E-state index contributed by atoms with van der Waals surface area (Å²) in [5.41, 5.74) is 1.42. The van der Waals surface area contributed by atoms with Gasteiger partial charge in [-0.05, 0) is 12.1 Å². The van der Waals surface area contributed by atoms with E-state index in [9.17, 15) is 4.79 Å². The SMILES string of the molecule is O=C(O)c1ncc2ccc3[nH]ncc3c2n1. The van der Waals surface area contributed by atoms with Crippen molar-refractivity contribution in [1.82, 2.24) is 20.2 Å². The topological polar surface area (TPSA) is 91.8 Å². The summed E-state index contributed by atoms with van der Waals surface area (Å²) in [6.45, 7) is 0. The first-order chi connectivity index (χ1) is 7.75. The van der Waals surface area contributed by atoms with E-state index in [-0.39, 0.29) is 5.82 Å². The molecule has 0 atom stereocenters. The van der Waals surface area contributed by atoms with Crippen LogP contribution in [-0.4, -0.2) is 31.2 Å². The predicted octanol–water partition coefficient (Wildman–Crippen LogP) is 1.20.